The van der Waals surface area contributed by atoms with Crippen molar-refractivity contribution >= 4 is 17.2 Å². The van der Waals surface area contributed by atoms with E-state index in [2.05, 4.69) is 43.1 Å². The van der Waals surface area contributed by atoms with Crippen molar-refractivity contribution in [2.45, 2.75) is 32.4 Å². The van der Waals surface area contributed by atoms with Crippen LogP contribution in [0.25, 0.3) is 0 Å². The lowest BCUT2D eigenvalue weighted by Crippen LogP contribution is -2.23. The largest absolute Gasteiger partial charge is 0.373 e. The van der Waals surface area contributed by atoms with Crippen LogP contribution in [-0.4, -0.2) is 28.5 Å². The molecule has 0 bridgehead atoms. The minimum Gasteiger partial charge on any atom is -0.373 e. The maximum atomic E-state index is 4.65. The number of anilines is 1. The smallest absolute Gasteiger partial charge is 0.129 e. The van der Waals surface area contributed by atoms with Crippen LogP contribution in [0.5, 0.6) is 0 Å². The van der Waals surface area contributed by atoms with Crippen molar-refractivity contribution in [1.29, 1.82) is 0 Å². The highest BCUT2D eigenvalue weighted by molar-refractivity contribution is 7.07. The monoisotopic (exact) mass is 288 g/mol. The van der Waals surface area contributed by atoms with Gasteiger partial charge in [0.1, 0.15) is 11.6 Å². The number of nitrogens with one attached hydrogen (secondary N) is 1. The Balaban J connectivity index is 1.82. The Kier molecular flexibility index (Phi) is 3.98. The number of nitrogens with zero attached hydrogens (tertiary/aromatic N) is 3. The molecule has 1 saturated heterocycles. The summed E-state index contributed by atoms with van der Waals surface area (Å²) in [7, 11) is 1.91. The SMILES string of the molecule is CNc1cc([C@@H]2CCCN2Cc2ccsc2)nc(C)n1. The van der Waals surface area contributed by atoms with E-state index in [9.17, 15) is 0 Å². The average molecular weight is 288 g/mol. The van der Waals surface area contributed by atoms with Gasteiger partial charge in [-0.25, -0.2) is 9.97 Å². The van der Waals surface area contributed by atoms with E-state index in [1.54, 1.807) is 11.3 Å². The molecule has 1 aliphatic rings. The lowest BCUT2D eigenvalue weighted by atomic mass is 10.1. The summed E-state index contributed by atoms with van der Waals surface area (Å²) in [6, 6.07) is 4.72. The number of thiophene rings is 1. The van der Waals surface area contributed by atoms with Crippen LogP contribution < -0.4 is 5.32 Å². The van der Waals surface area contributed by atoms with E-state index in [0.717, 1.165) is 30.4 Å². The summed E-state index contributed by atoms with van der Waals surface area (Å²) < 4.78 is 0. The van der Waals surface area contributed by atoms with Gasteiger partial charge in [0.15, 0.2) is 0 Å². The highest BCUT2D eigenvalue weighted by atomic mass is 32.1. The van der Waals surface area contributed by atoms with Crippen LogP contribution in [0, 0.1) is 6.92 Å². The molecule has 0 saturated carbocycles. The standard InChI is InChI=1S/C15H20N4S/c1-11-17-13(8-15(16-2)18-11)14-4-3-6-19(14)9-12-5-7-20-10-12/h5,7-8,10,14H,3-4,6,9H2,1-2H3,(H,16,17,18)/t14-/m0/s1. The summed E-state index contributed by atoms with van der Waals surface area (Å²) in [4.78, 5) is 11.6. The van der Waals surface area contributed by atoms with E-state index in [1.807, 2.05) is 14.0 Å². The maximum absolute atomic E-state index is 4.65. The van der Waals surface area contributed by atoms with Gasteiger partial charge < -0.3 is 5.32 Å². The van der Waals surface area contributed by atoms with Gasteiger partial charge in [-0.15, -0.1) is 0 Å². The fourth-order valence-electron chi connectivity index (χ4n) is 2.86. The average Bonchev–Trinajstić information content (AvgIpc) is 3.10. The number of hydrogen-bond donors (Lipinski definition) is 1. The summed E-state index contributed by atoms with van der Waals surface area (Å²) in [5.74, 6) is 1.75. The summed E-state index contributed by atoms with van der Waals surface area (Å²) in [6.45, 7) is 4.13. The topological polar surface area (TPSA) is 41.0 Å². The second-order valence-corrected chi connectivity index (χ2v) is 6.02. The van der Waals surface area contributed by atoms with E-state index in [0.29, 0.717) is 6.04 Å². The Morgan fingerprint density at radius 1 is 1.45 bits per heavy atom. The zero-order chi connectivity index (χ0) is 13.9. The molecular weight excluding hydrogens is 268 g/mol. The van der Waals surface area contributed by atoms with Gasteiger partial charge in [0.2, 0.25) is 0 Å². The first-order valence-electron chi connectivity index (χ1n) is 7.04. The van der Waals surface area contributed by atoms with Gasteiger partial charge in [0, 0.05) is 19.7 Å². The molecule has 4 nitrogen and oxygen atoms in total. The highest BCUT2D eigenvalue weighted by Gasteiger charge is 2.27. The Bertz CT molecular complexity index is 567. The molecule has 2 aromatic heterocycles. The molecule has 1 fully saturated rings. The van der Waals surface area contributed by atoms with Gasteiger partial charge >= 0.3 is 0 Å². The molecule has 1 N–H and O–H groups in total. The van der Waals surface area contributed by atoms with E-state index in [-0.39, 0.29) is 0 Å². The van der Waals surface area contributed by atoms with Crippen LogP contribution in [0.3, 0.4) is 0 Å². The minimum absolute atomic E-state index is 0.420. The Morgan fingerprint density at radius 2 is 2.35 bits per heavy atom. The second-order valence-electron chi connectivity index (χ2n) is 5.24. The van der Waals surface area contributed by atoms with Gasteiger partial charge in [-0.1, -0.05) is 0 Å². The number of aromatic nitrogens is 2. The second kappa shape index (κ2) is 5.89. The number of aryl methyl sites for hydroxylation is 1. The van der Waals surface area contributed by atoms with Gasteiger partial charge in [-0.2, -0.15) is 11.3 Å². The van der Waals surface area contributed by atoms with Crippen molar-refractivity contribution in [2.75, 3.05) is 18.9 Å². The molecule has 2 aromatic rings. The van der Waals surface area contributed by atoms with Crippen LogP contribution in [0.2, 0.25) is 0 Å². The highest BCUT2D eigenvalue weighted by Crippen LogP contribution is 2.33. The first-order valence-corrected chi connectivity index (χ1v) is 7.99. The molecule has 0 radical (unpaired) electrons. The molecule has 0 aliphatic carbocycles. The van der Waals surface area contributed by atoms with Gasteiger partial charge in [-0.3, -0.25) is 4.90 Å². The molecule has 3 heterocycles. The molecule has 1 atom stereocenters. The predicted molar refractivity (Wildman–Crippen MR) is 83.0 cm³/mol. The zero-order valence-electron chi connectivity index (χ0n) is 12.0. The van der Waals surface area contributed by atoms with E-state index in [4.69, 9.17) is 0 Å². The van der Waals surface area contributed by atoms with Gasteiger partial charge in [0.05, 0.1) is 11.7 Å². The fourth-order valence-corrected chi connectivity index (χ4v) is 3.52. The third-order valence-electron chi connectivity index (χ3n) is 3.78. The van der Waals surface area contributed by atoms with Crippen molar-refractivity contribution in [3.8, 4) is 0 Å². The maximum Gasteiger partial charge on any atom is 0.129 e. The molecule has 0 spiro atoms. The molecule has 0 unspecified atom stereocenters. The van der Waals surface area contributed by atoms with Crippen molar-refractivity contribution < 1.29 is 0 Å². The molecule has 106 valence electrons. The Labute approximate surface area is 123 Å². The van der Waals surface area contributed by atoms with E-state index in [1.165, 1.54) is 18.4 Å². The Morgan fingerprint density at radius 3 is 3.10 bits per heavy atom. The number of likely N-dealkylation sites (tertiary alicyclic amines) is 1. The lowest BCUT2D eigenvalue weighted by Gasteiger charge is -2.24. The summed E-state index contributed by atoms with van der Waals surface area (Å²) in [5.41, 5.74) is 2.55. The summed E-state index contributed by atoms with van der Waals surface area (Å²) in [6.07, 6.45) is 2.43. The van der Waals surface area contributed by atoms with Gasteiger partial charge in [0.25, 0.3) is 0 Å². The number of rotatable bonds is 4. The van der Waals surface area contributed by atoms with Crippen molar-refractivity contribution in [1.82, 2.24) is 14.9 Å². The molecular formula is C15H20N4S. The fraction of sp³-hybridized carbons (Fsp3) is 0.467. The van der Waals surface area contributed by atoms with E-state index < -0.39 is 0 Å². The molecule has 3 rings (SSSR count). The van der Waals surface area contributed by atoms with Crippen LogP contribution in [0.1, 0.15) is 36.0 Å². The zero-order valence-corrected chi connectivity index (χ0v) is 12.8. The van der Waals surface area contributed by atoms with Crippen LogP contribution in [0.4, 0.5) is 5.82 Å². The first-order chi connectivity index (χ1) is 9.76. The van der Waals surface area contributed by atoms with Crippen LogP contribution >= 0.6 is 11.3 Å². The predicted octanol–water partition coefficient (Wildman–Crippen LogP) is 3.23. The number of hydrogen-bond acceptors (Lipinski definition) is 5. The molecule has 0 amide bonds. The van der Waals surface area contributed by atoms with Gasteiger partial charge in [-0.05, 0) is 48.7 Å². The van der Waals surface area contributed by atoms with E-state index >= 15 is 0 Å². The van der Waals surface area contributed by atoms with Crippen LogP contribution in [0.15, 0.2) is 22.9 Å². The summed E-state index contributed by atoms with van der Waals surface area (Å²) >= 11 is 1.77. The lowest BCUT2D eigenvalue weighted by molar-refractivity contribution is 0.244. The van der Waals surface area contributed by atoms with Crippen LogP contribution in [-0.2, 0) is 6.54 Å². The molecule has 20 heavy (non-hydrogen) atoms. The normalized spacial score (nSPS) is 19.4. The third kappa shape index (κ3) is 2.83. The molecule has 0 aromatic carbocycles. The van der Waals surface area contributed by atoms with Crippen molar-refractivity contribution in [3.05, 3.63) is 40.0 Å². The molecule has 1 aliphatic heterocycles. The molecule has 5 heteroatoms. The quantitative estimate of drug-likeness (QED) is 0.938. The van der Waals surface area contributed by atoms with Crippen molar-refractivity contribution in [2.24, 2.45) is 0 Å². The summed E-state index contributed by atoms with van der Waals surface area (Å²) in [5, 5.41) is 7.51. The first kappa shape index (κ1) is 13.5. The Hall–Kier alpha value is -1.46. The third-order valence-corrected chi connectivity index (χ3v) is 4.52. The van der Waals surface area contributed by atoms with Crippen molar-refractivity contribution in [3.63, 3.8) is 0 Å². The minimum atomic E-state index is 0.420.